The molecule has 0 spiro atoms. The summed E-state index contributed by atoms with van der Waals surface area (Å²) in [6.45, 7) is 1.86. The Morgan fingerprint density at radius 3 is 2.67 bits per heavy atom. The van der Waals surface area contributed by atoms with Gasteiger partial charge in [-0.05, 0) is 24.6 Å². The van der Waals surface area contributed by atoms with E-state index < -0.39 is 12.7 Å². The third-order valence-electron chi connectivity index (χ3n) is 2.08. The largest absolute Gasteiger partial charge is 0.493 e. The number of nitrogens with two attached hydrogens (primary N) is 1. The van der Waals surface area contributed by atoms with Crippen molar-refractivity contribution in [3.05, 3.63) is 23.8 Å². The maximum atomic E-state index is 12.4. The first kappa shape index (κ1) is 11.8. The highest BCUT2D eigenvalue weighted by molar-refractivity contribution is 5.43. The molecule has 0 radical (unpaired) electrons. The molecular formula is C11H16FNO2. The molecule has 1 atom stereocenters. The van der Waals surface area contributed by atoms with Crippen LogP contribution in [0.15, 0.2) is 18.2 Å². The molecule has 1 aromatic rings. The van der Waals surface area contributed by atoms with Gasteiger partial charge in [0.2, 0.25) is 0 Å². The van der Waals surface area contributed by atoms with Crippen LogP contribution in [0.25, 0.3) is 0 Å². The third-order valence-corrected chi connectivity index (χ3v) is 2.08. The predicted molar refractivity (Wildman–Crippen MR) is 57.1 cm³/mol. The van der Waals surface area contributed by atoms with Crippen molar-refractivity contribution >= 4 is 0 Å². The lowest BCUT2D eigenvalue weighted by Crippen LogP contribution is -2.12. The van der Waals surface area contributed by atoms with Crippen molar-refractivity contribution in [1.29, 1.82) is 0 Å². The van der Waals surface area contributed by atoms with Crippen LogP contribution in [0.5, 0.6) is 11.5 Å². The van der Waals surface area contributed by atoms with Crippen LogP contribution in [0.4, 0.5) is 4.39 Å². The summed E-state index contributed by atoms with van der Waals surface area (Å²) in [5.41, 5.74) is 6.28. The van der Waals surface area contributed by atoms with Crippen LogP contribution < -0.4 is 15.2 Å². The summed E-state index contributed by atoms with van der Waals surface area (Å²) in [7, 11) is 1.54. The van der Waals surface area contributed by atoms with Gasteiger partial charge in [-0.15, -0.1) is 0 Å². The lowest BCUT2D eigenvalue weighted by Gasteiger charge is -2.13. The number of benzene rings is 1. The summed E-state index contributed by atoms with van der Waals surface area (Å²) >= 11 is 0. The van der Waals surface area contributed by atoms with Crippen LogP contribution >= 0.6 is 0 Å². The monoisotopic (exact) mass is 213 g/mol. The Labute approximate surface area is 89.0 Å². The van der Waals surface area contributed by atoms with Gasteiger partial charge < -0.3 is 15.2 Å². The first-order valence-electron chi connectivity index (χ1n) is 4.85. The number of rotatable bonds is 5. The summed E-state index contributed by atoms with van der Waals surface area (Å²) < 4.78 is 22.8. The molecule has 4 heteroatoms. The number of methoxy groups -OCH3 is 1. The molecule has 0 aromatic heterocycles. The Hall–Kier alpha value is -1.29. The summed E-state index contributed by atoms with van der Waals surface area (Å²) in [5.74, 6) is 1.23. The predicted octanol–water partition coefficient (Wildman–Crippen LogP) is 2.06. The minimum absolute atomic E-state index is 0.560. The van der Waals surface area contributed by atoms with Crippen molar-refractivity contribution in [3.63, 3.8) is 0 Å². The van der Waals surface area contributed by atoms with E-state index in [1.165, 1.54) is 0 Å². The van der Waals surface area contributed by atoms with Gasteiger partial charge in [-0.3, -0.25) is 0 Å². The van der Waals surface area contributed by atoms with E-state index >= 15 is 0 Å². The smallest absolute Gasteiger partial charge is 0.161 e. The minimum Gasteiger partial charge on any atom is -0.493 e. The van der Waals surface area contributed by atoms with Crippen molar-refractivity contribution in [1.82, 2.24) is 0 Å². The maximum Gasteiger partial charge on any atom is 0.161 e. The molecule has 0 bridgehead atoms. The molecule has 0 aliphatic heterocycles. The Bertz CT molecular complexity index is 317. The van der Waals surface area contributed by atoms with Gasteiger partial charge in [-0.25, -0.2) is 4.39 Å². The topological polar surface area (TPSA) is 44.5 Å². The van der Waals surface area contributed by atoms with Crippen LogP contribution in [0, 0.1) is 0 Å². The Morgan fingerprint density at radius 1 is 1.40 bits per heavy atom. The van der Waals surface area contributed by atoms with Gasteiger partial charge in [0, 0.05) is 0 Å². The molecule has 0 aliphatic rings. The van der Waals surface area contributed by atoms with Crippen LogP contribution in [-0.4, -0.2) is 20.4 Å². The van der Waals surface area contributed by atoms with Gasteiger partial charge in [0.25, 0.3) is 0 Å². The maximum absolute atomic E-state index is 12.4. The van der Waals surface area contributed by atoms with E-state index in [0.29, 0.717) is 23.7 Å². The zero-order valence-electron chi connectivity index (χ0n) is 9.00. The summed E-state index contributed by atoms with van der Waals surface area (Å²) in [6.07, 6.45) is 0. The molecule has 0 heterocycles. The van der Waals surface area contributed by atoms with Crippen molar-refractivity contribution in [2.75, 3.05) is 20.4 Å². The Kier molecular flexibility index (Phi) is 4.37. The lowest BCUT2D eigenvalue weighted by atomic mass is 10.1. The van der Waals surface area contributed by atoms with E-state index in [-0.39, 0.29) is 0 Å². The molecule has 1 rings (SSSR count). The van der Waals surface area contributed by atoms with Gasteiger partial charge in [0.1, 0.15) is 6.67 Å². The fraction of sp³-hybridized carbons (Fsp3) is 0.455. The van der Waals surface area contributed by atoms with Crippen molar-refractivity contribution in [2.24, 2.45) is 5.73 Å². The summed E-state index contributed by atoms with van der Waals surface area (Å²) in [5, 5.41) is 0. The molecule has 1 aromatic carbocycles. The van der Waals surface area contributed by atoms with E-state index in [0.717, 1.165) is 0 Å². The third kappa shape index (κ3) is 2.83. The number of ether oxygens (including phenoxy) is 2. The second kappa shape index (κ2) is 5.56. The van der Waals surface area contributed by atoms with E-state index in [2.05, 4.69) is 0 Å². The van der Waals surface area contributed by atoms with Gasteiger partial charge in [0.05, 0.1) is 19.8 Å². The molecule has 0 fully saturated rings. The Balaban J connectivity index is 2.96. The highest BCUT2D eigenvalue weighted by atomic mass is 19.1. The lowest BCUT2D eigenvalue weighted by molar-refractivity contribution is 0.310. The van der Waals surface area contributed by atoms with Crippen molar-refractivity contribution in [3.8, 4) is 11.5 Å². The zero-order valence-corrected chi connectivity index (χ0v) is 9.00. The highest BCUT2D eigenvalue weighted by Gasteiger charge is 2.10. The molecule has 84 valence electrons. The Morgan fingerprint density at radius 2 is 2.13 bits per heavy atom. The normalized spacial score (nSPS) is 12.3. The molecule has 0 aliphatic carbocycles. The van der Waals surface area contributed by atoms with E-state index in [9.17, 15) is 4.39 Å². The number of alkyl halides is 1. The molecule has 0 saturated carbocycles. The van der Waals surface area contributed by atoms with Crippen LogP contribution in [0.2, 0.25) is 0 Å². The number of halogens is 1. The summed E-state index contributed by atoms with van der Waals surface area (Å²) in [4.78, 5) is 0. The van der Waals surface area contributed by atoms with Crippen LogP contribution in [0.3, 0.4) is 0 Å². The minimum atomic E-state index is -0.602. The molecular weight excluding hydrogens is 197 g/mol. The SMILES string of the molecule is CCOc1ccc([C@@H](N)CF)cc1OC. The van der Waals surface area contributed by atoms with Gasteiger partial charge in [0.15, 0.2) is 11.5 Å². The number of hydrogen-bond acceptors (Lipinski definition) is 3. The molecule has 0 saturated heterocycles. The standard InChI is InChI=1S/C11H16FNO2/c1-3-15-10-5-4-8(9(13)7-12)6-11(10)14-2/h4-6,9H,3,7,13H2,1-2H3/t9-/m0/s1. The van der Waals surface area contributed by atoms with Crippen LogP contribution in [0.1, 0.15) is 18.5 Å². The number of hydrogen-bond donors (Lipinski definition) is 1. The summed E-state index contributed by atoms with van der Waals surface area (Å²) in [6, 6.07) is 4.59. The molecule has 0 amide bonds. The molecule has 3 nitrogen and oxygen atoms in total. The van der Waals surface area contributed by atoms with E-state index in [4.69, 9.17) is 15.2 Å². The average molecular weight is 213 g/mol. The first-order chi connectivity index (χ1) is 7.22. The van der Waals surface area contributed by atoms with Gasteiger partial charge >= 0.3 is 0 Å². The zero-order chi connectivity index (χ0) is 11.3. The van der Waals surface area contributed by atoms with Gasteiger partial charge in [-0.1, -0.05) is 6.07 Å². The van der Waals surface area contributed by atoms with Crippen molar-refractivity contribution < 1.29 is 13.9 Å². The van der Waals surface area contributed by atoms with E-state index in [1.54, 1.807) is 25.3 Å². The van der Waals surface area contributed by atoms with Crippen molar-refractivity contribution in [2.45, 2.75) is 13.0 Å². The average Bonchev–Trinajstić information content (AvgIpc) is 2.29. The highest BCUT2D eigenvalue weighted by Crippen LogP contribution is 2.29. The van der Waals surface area contributed by atoms with Crippen LogP contribution in [-0.2, 0) is 0 Å². The molecule has 15 heavy (non-hydrogen) atoms. The fourth-order valence-electron chi connectivity index (χ4n) is 1.28. The fourth-order valence-corrected chi connectivity index (χ4v) is 1.28. The molecule has 2 N–H and O–H groups in total. The second-order valence-electron chi connectivity index (χ2n) is 3.10. The molecule has 0 unspecified atom stereocenters. The second-order valence-corrected chi connectivity index (χ2v) is 3.10. The first-order valence-corrected chi connectivity index (χ1v) is 4.85. The van der Waals surface area contributed by atoms with E-state index in [1.807, 2.05) is 6.92 Å². The van der Waals surface area contributed by atoms with Gasteiger partial charge in [-0.2, -0.15) is 0 Å². The quantitative estimate of drug-likeness (QED) is 0.814.